The Labute approximate surface area is 116 Å². The second-order valence-corrected chi connectivity index (χ2v) is 4.60. The quantitative estimate of drug-likeness (QED) is 0.613. The molecule has 0 aliphatic rings. The third-order valence-corrected chi connectivity index (χ3v) is 3.03. The zero-order valence-corrected chi connectivity index (χ0v) is 11.4. The first-order valence-corrected chi connectivity index (χ1v) is 6.23. The molecule has 1 rings (SSSR count). The van der Waals surface area contributed by atoms with Crippen LogP contribution in [0.4, 0.5) is 10.1 Å². The van der Waals surface area contributed by atoms with Gasteiger partial charge in [0, 0.05) is 24.7 Å². The fraction of sp³-hybridized carbons (Fsp3) is 0.462. The van der Waals surface area contributed by atoms with Crippen LogP contribution < -0.4 is 0 Å². The summed E-state index contributed by atoms with van der Waals surface area (Å²) in [4.78, 5) is 22.9. The molecule has 1 atom stereocenters. The van der Waals surface area contributed by atoms with Crippen LogP contribution >= 0.6 is 0 Å². The lowest BCUT2D eigenvalue weighted by atomic mass is 10.1. The Morgan fingerprint density at radius 3 is 2.70 bits per heavy atom. The maximum Gasteiger partial charge on any atom is 0.307 e. The Balaban J connectivity index is 2.91. The smallest absolute Gasteiger partial charge is 0.307 e. The predicted molar refractivity (Wildman–Crippen MR) is 70.8 cm³/mol. The van der Waals surface area contributed by atoms with Crippen molar-refractivity contribution in [3.63, 3.8) is 0 Å². The third kappa shape index (κ3) is 4.27. The van der Waals surface area contributed by atoms with Gasteiger partial charge in [-0.25, -0.2) is 4.39 Å². The van der Waals surface area contributed by atoms with E-state index >= 15 is 0 Å². The number of hydrogen-bond acceptors (Lipinski definition) is 4. The van der Waals surface area contributed by atoms with E-state index in [1.807, 2.05) is 6.92 Å². The van der Waals surface area contributed by atoms with Crippen LogP contribution in [0.25, 0.3) is 0 Å². The summed E-state index contributed by atoms with van der Waals surface area (Å²) in [7, 11) is 0. The highest BCUT2D eigenvalue weighted by molar-refractivity contribution is 5.69. The highest BCUT2D eigenvalue weighted by Crippen LogP contribution is 2.21. The summed E-state index contributed by atoms with van der Waals surface area (Å²) >= 11 is 0. The number of nitro groups is 1. The van der Waals surface area contributed by atoms with Crippen molar-refractivity contribution in [1.29, 1.82) is 0 Å². The van der Waals surface area contributed by atoms with Gasteiger partial charge in [-0.05, 0) is 18.7 Å². The second kappa shape index (κ2) is 6.95. The zero-order chi connectivity index (χ0) is 15.3. The number of nitrogens with zero attached hydrogens (tertiary/aromatic N) is 2. The van der Waals surface area contributed by atoms with E-state index in [1.54, 1.807) is 11.8 Å². The first kappa shape index (κ1) is 16.0. The van der Waals surface area contributed by atoms with E-state index in [1.165, 1.54) is 0 Å². The van der Waals surface area contributed by atoms with Crippen LogP contribution in [0, 0.1) is 21.8 Å². The Morgan fingerprint density at radius 1 is 1.55 bits per heavy atom. The van der Waals surface area contributed by atoms with Crippen LogP contribution in [0.3, 0.4) is 0 Å². The number of nitro benzene ring substituents is 1. The standard InChI is InChI=1S/C13H17FN2O4/c1-3-15(7-9(2)13(17)18)8-10-6-11(14)4-5-12(10)16(19)20/h4-6,9H,3,7-8H2,1-2H3,(H,17,18). The molecule has 0 bridgehead atoms. The average molecular weight is 284 g/mol. The Morgan fingerprint density at radius 2 is 2.20 bits per heavy atom. The van der Waals surface area contributed by atoms with Gasteiger partial charge in [0.2, 0.25) is 0 Å². The first-order chi connectivity index (χ1) is 9.35. The lowest BCUT2D eigenvalue weighted by molar-refractivity contribution is -0.385. The van der Waals surface area contributed by atoms with Crippen molar-refractivity contribution in [2.45, 2.75) is 20.4 Å². The second-order valence-electron chi connectivity index (χ2n) is 4.60. The van der Waals surface area contributed by atoms with E-state index in [4.69, 9.17) is 5.11 Å². The van der Waals surface area contributed by atoms with Crippen molar-refractivity contribution in [3.8, 4) is 0 Å². The summed E-state index contributed by atoms with van der Waals surface area (Å²) in [5.74, 6) is -2.08. The number of carboxylic acid groups (broad SMARTS) is 1. The number of carbonyl (C=O) groups is 1. The van der Waals surface area contributed by atoms with E-state index in [0.717, 1.165) is 18.2 Å². The van der Waals surface area contributed by atoms with E-state index in [2.05, 4.69) is 0 Å². The van der Waals surface area contributed by atoms with Gasteiger partial charge in [0.25, 0.3) is 5.69 Å². The van der Waals surface area contributed by atoms with E-state index in [-0.39, 0.29) is 24.3 Å². The zero-order valence-electron chi connectivity index (χ0n) is 11.4. The Hall–Kier alpha value is -2.02. The molecule has 0 radical (unpaired) electrons. The predicted octanol–water partition coefficient (Wildman–Crippen LogP) is 2.28. The van der Waals surface area contributed by atoms with Crippen LogP contribution in [0.1, 0.15) is 19.4 Å². The van der Waals surface area contributed by atoms with Crippen molar-refractivity contribution < 1.29 is 19.2 Å². The largest absolute Gasteiger partial charge is 0.481 e. The molecular weight excluding hydrogens is 267 g/mol. The summed E-state index contributed by atoms with van der Waals surface area (Å²) in [6.07, 6.45) is 0. The van der Waals surface area contributed by atoms with Crippen LogP contribution in [-0.4, -0.2) is 34.0 Å². The molecule has 1 N–H and O–H groups in total. The molecule has 0 aliphatic carbocycles. The molecular formula is C13H17FN2O4. The highest BCUT2D eigenvalue weighted by atomic mass is 19.1. The minimum absolute atomic E-state index is 0.141. The molecule has 1 aromatic rings. The van der Waals surface area contributed by atoms with Gasteiger partial charge >= 0.3 is 5.97 Å². The van der Waals surface area contributed by atoms with Crippen molar-refractivity contribution in [3.05, 3.63) is 39.7 Å². The minimum atomic E-state index is -0.933. The van der Waals surface area contributed by atoms with Crippen LogP contribution in [0.15, 0.2) is 18.2 Å². The molecule has 0 saturated heterocycles. The summed E-state index contributed by atoms with van der Waals surface area (Å²) in [5, 5.41) is 19.8. The molecule has 6 nitrogen and oxygen atoms in total. The minimum Gasteiger partial charge on any atom is -0.481 e. The monoisotopic (exact) mass is 284 g/mol. The van der Waals surface area contributed by atoms with Crippen LogP contribution in [0.2, 0.25) is 0 Å². The lowest BCUT2D eigenvalue weighted by Crippen LogP contribution is -2.31. The maximum absolute atomic E-state index is 13.2. The molecule has 0 aromatic heterocycles. The molecule has 110 valence electrons. The molecule has 0 aliphatic heterocycles. The molecule has 0 saturated carbocycles. The SMILES string of the molecule is CCN(Cc1cc(F)ccc1[N+](=O)[O-])CC(C)C(=O)O. The highest BCUT2D eigenvalue weighted by Gasteiger charge is 2.20. The summed E-state index contributed by atoms with van der Waals surface area (Å²) in [5.41, 5.74) is 0.0854. The Bertz CT molecular complexity index is 507. The number of rotatable bonds is 7. The number of hydrogen-bond donors (Lipinski definition) is 1. The molecule has 20 heavy (non-hydrogen) atoms. The van der Waals surface area contributed by atoms with E-state index in [0.29, 0.717) is 6.54 Å². The molecule has 1 unspecified atom stereocenters. The van der Waals surface area contributed by atoms with Crippen molar-refractivity contribution >= 4 is 11.7 Å². The molecule has 7 heteroatoms. The average Bonchev–Trinajstić information content (AvgIpc) is 2.37. The third-order valence-electron chi connectivity index (χ3n) is 3.03. The normalized spacial score (nSPS) is 12.4. The molecule has 0 heterocycles. The number of halogens is 1. The van der Waals surface area contributed by atoms with Crippen molar-refractivity contribution in [1.82, 2.24) is 4.90 Å². The molecule has 0 fully saturated rings. The molecule has 0 amide bonds. The summed E-state index contributed by atoms with van der Waals surface area (Å²) in [6, 6.07) is 3.28. The summed E-state index contributed by atoms with van der Waals surface area (Å²) < 4.78 is 13.2. The fourth-order valence-electron chi connectivity index (χ4n) is 1.87. The summed E-state index contributed by atoms with van der Waals surface area (Å²) in [6.45, 7) is 4.29. The van der Waals surface area contributed by atoms with Gasteiger partial charge in [0.05, 0.1) is 10.8 Å². The van der Waals surface area contributed by atoms with Crippen LogP contribution in [0.5, 0.6) is 0 Å². The number of aliphatic carboxylic acids is 1. The van der Waals surface area contributed by atoms with E-state index in [9.17, 15) is 19.3 Å². The van der Waals surface area contributed by atoms with Gasteiger partial charge in [-0.2, -0.15) is 0 Å². The fourth-order valence-corrected chi connectivity index (χ4v) is 1.87. The van der Waals surface area contributed by atoms with Gasteiger partial charge in [-0.15, -0.1) is 0 Å². The van der Waals surface area contributed by atoms with Gasteiger partial charge in [-0.1, -0.05) is 13.8 Å². The first-order valence-electron chi connectivity index (χ1n) is 6.23. The topological polar surface area (TPSA) is 83.7 Å². The molecule has 0 spiro atoms. The Kier molecular flexibility index (Phi) is 5.57. The van der Waals surface area contributed by atoms with Crippen molar-refractivity contribution in [2.24, 2.45) is 5.92 Å². The van der Waals surface area contributed by atoms with E-state index < -0.39 is 22.6 Å². The molecule has 1 aromatic carbocycles. The maximum atomic E-state index is 13.2. The van der Waals surface area contributed by atoms with Crippen LogP contribution in [-0.2, 0) is 11.3 Å². The van der Waals surface area contributed by atoms with Gasteiger partial charge in [0.1, 0.15) is 5.82 Å². The van der Waals surface area contributed by atoms with Gasteiger partial charge in [-0.3, -0.25) is 19.8 Å². The number of carboxylic acids is 1. The lowest BCUT2D eigenvalue weighted by Gasteiger charge is -2.22. The van der Waals surface area contributed by atoms with Crippen molar-refractivity contribution in [2.75, 3.05) is 13.1 Å². The van der Waals surface area contributed by atoms with Gasteiger partial charge < -0.3 is 5.11 Å². The van der Waals surface area contributed by atoms with Gasteiger partial charge in [0.15, 0.2) is 0 Å². The number of benzene rings is 1.